The number of benzene rings is 1. The molecule has 1 fully saturated rings. The van der Waals surface area contributed by atoms with Crippen LogP contribution >= 0.6 is 11.6 Å². The van der Waals surface area contributed by atoms with Gasteiger partial charge in [0.1, 0.15) is 0 Å². The van der Waals surface area contributed by atoms with Crippen LogP contribution in [0, 0.1) is 0 Å². The van der Waals surface area contributed by atoms with Crippen LogP contribution in [0.3, 0.4) is 0 Å². The van der Waals surface area contributed by atoms with E-state index in [0.29, 0.717) is 6.54 Å². The third-order valence-corrected chi connectivity index (χ3v) is 3.68. The Morgan fingerprint density at radius 3 is 2.65 bits per heavy atom. The molecule has 3 nitrogen and oxygen atoms in total. The second-order valence-electron chi connectivity index (χ2n) is 4.96. The first-order valence-corrected chi connectivity index (χ1v) is 6.35. The van der Waals surface area contributed by atoms with Crippen LogP contribution in [0.25, 0.3) is 0 Å². The van der Waals surface area contributed by atoms with E-state index >= 15 is 0 Å². The predicted octanol–water partition coefficient (Wildman–Crippen LogP) is 2.15. The van der Waals surface area contributed by atoms with E-state index in [0.717, 1.165) is 42.2 Å². The van der Waals surface area contributed by atoms with E-state index in [1.807, 2.05) is 25.1 Å². The molecule has 94 valence electrons. The van der Waals surface area contributed by atoms with Gasteiger partial charge in [0.05, 0.1) is 5.60 Å². The summed E-state index contributed by atoms with van der Waals surface area (Å²) >= 11 is 5.97. The fourth-order valence-electron chi connectivity index (χ4n) is 2.26. The molecule has 0 saturated carbocycles. The summed E-state index contributed by atoms with van der Waals surface area (Å²) in [7, 11) is 0. The summed E-state index contributed by atoms with van der Waals surface area (Å²) in [5.41, 5.74) is 7.44. The van der Waals surface area contributed by atoms with Crippen LogP contribution in [0.5, 0.6) is 0 Å². The standard InChI is InChI=1S/C13H19ClN2O/c1-13(17)4-6-16(7-5-13)12-3-2-11(14)8-10(12)9-15/h2-3,8,17H,4-7,9,15H2,1H3. The first-order valence-electron chi connectivity index (χ1n) is 5.98. The highest BCUT2D eigenvalue weighted by atomic mass is 35.5. The molecule has 0 aliphatic carbocycles. The molecule has 0 atom stereocenters. The highest BCUT2D eigenvalue weighted by Crippen LogP contribution is 2.29. The van der Waals surface area contributed by atoms with Crippen molar-refractivity contribution in [2.24, 2.45) is 5.73 Å². The molecule has 0 radical (unpaired) electrons. The smallest absolute Gasteiger partial charge is 0.0653 e. The molecule has 0 spiro atoms. The maximum absolute atomic E-state index is 9.94. The number of halogens is 1. The number of aliphatic hydroxyl groups is 1. The van der Waals surface area contributed by atoms with Gasteiger partial charge in [0.15, 0.2) is 0 Å². The van der Waals surface area contributed by atoms with E-state index in [1.165, 1.54) is 0 Å². The number of hydrogen-bond acceptors (Lipinski definition) is 3. The minimum absolute atomic E-state index is 0.489. The van der Waals surface area contributed by atoms with E-state index in [4.69, 9.17) is 17.3 Å². The summed E-state index contributed by atoms with van der Waals surface area (Å²) < 4.78 is 0. The van der Waals surface area contributed by atoms with Gasteiger partial charge < -0.3 is 15.7 Å². The van der Waals surface area contributed by atoms with E-state index in [-0.39, 0.29) is 0 Å². The zero-order valence-corrected chi connectivity index (χ0v) is 10.9. The Hall–Kier alpha value is -0.770. The van der Waals surface area contributed by atoms with Gasteiger partial charge in [-0.15, -0.1) is 0 Å². The topological polar surface area (TPSA) is 49.5 Å². The average molecular weight is 255 g/mol. The summed E-state index contributed by atoms with van der Waals surface area (Å²) in [6.45, 7) is 4.11. The molecule has 0 amide bonds. The van der Waals surface area contributed by atoms with E-state index < -0.39 is 5.60 Å². The summed E-state index contributed by atoms with van der Waals surface area (Å²) in [6, 6.07) is 5.83. The van der Waals surface area contributed by atoms with Crippen molar-refractivity contribution >= 4 is 17.3 Å². The Morgan fingerprint density at radius 2 is 2.06 bits per heavy atom. The third-order valence-electron chi connectivity index (χ3n) is 3.44. The highest BCUT2D eigenvalue weighted by Gasteiger charge is 2.27. The lowest BCUT2D eigenvalue weighted by Crippen LogP contribution is -2.42. The number of rotatable bonds is 2. The van der Waals surface area contributed by atoms with Gasteiger partial charge in [0, 0.05) is 30.3 Å². The second-order valence-corrected chi connectivity index (χ2v) is 5.40. The molecule has 1 aromatic carbocycles. The van der Waals surface area contributed by atoms with Gasteiger partial charge in [-0.25, -0.2) is 0 Å². The minimum Gasteiger partial charge on any atom is -0.390 e. The van der Waals surface area contributed by atoms with Crippen molar-refractivity contribution in [1.29, 1.82) is 0 Å². The molecule has 0 bridgehead atoms. The molecule has 0 aromatic heterocycles. The minimum atomic E-state index is -0.522. The van der Waals surface area contributed by atoms with Gasteiger partial charge in [0.25, 0.3) is 0 Å². The molecule has 17 heavy (non-hydrogen) atoms. The molecule has 3 N–H and O–H groups in total. The molecule has 1 aromatic rings. The maximum Gasteiger partial charge on any atom is 0.0653 e. The van der Waals surface area contributed by atoms with Gasteiger partial charge >= 0.3 is 0 Å². The molecule has 2 rings (SSSR count). The molecule has 1 aliphatic rings. The Labute approximate surface area is 107 Å². The normalized spacial score (nSPS) is 19.4. The zero-order chi connectivity index (χ0) is 12.5. The van der Waals surface area contributed by atoms with Gasteiger partial charge in [-0.05, 0) is 43.5 Å². The van der Waals surface area contributed by atoms with Crippen molar-refractivity contribution in [3.8, 4) is 0 Å². The van der Waals surface area contributed by atoms with Gasteiger partial charge in [-0.2, -0.15) is 0 Å². The van der Waals surface area contributed by atoms with Crippen molar-refractivity contribution in [1.82, 2.24) is 0 Å². The fraction of sp³-hybridized carbons (Fsp3) is 0.538. The number of hydrogen-bond donors (Lipinski definition) is 2. The molecule has 4 heteroatoms. The number of nitrogens with two attached hydrogens (primary N) is 1. The lowest BCUT2D eigenvalue weighted by Gasteiger charge is -2.38. The second kappa shape index (κ2) is 4.84. The Kier molecular flexibility index (Phi) is 3.61. The van der Waals surface area contributed by atoms with Crippen LogP contribution in [0.2, 0.25) is 5.02 Å². The van der Waals surface area contributed by atoms with Crippen LogP contribution < -0.4 is 10.6 Å². The number of anilines is 1. The first-order chi connectivity index (χ1) is 8.02. The summed E-state index contributed by atoms with van der Waals surface area (Å²) in [5.74, 6) is 0. The van der Waals surface area contributed by atoms with Crippen molar-refractivity contribution in [2.45, 2.75) is 31.9 Å². The van der Waals surface area contributed by atoms with Gasteiger partial charge in [-0.1, -0.05) is 11.6 Å². The molecule has 1 saturated heterocycles. The predicted molar refractivity (Wildman–Crippen MR) is 71.4 cm³/mol. The maximum atomic E-state index is 9.94. The summed E-state index contributed by atoms with van der Waals surface area (Å²) in [4.78, 5) is 2.27. The van der Waals surface area contributed by atoms with E-state index in [9.17, 15) is 5.11 Å². The largest absolute Gasteiger partial charge is 0.390 e. The van der Waals surface area contributed by atoms with Crippen molar-refractivity contribution < 1.29 is 5.11 Å². The van der Waals surface area contributed by atoms with Crippen LogP contribution in [-0.2, 0) is 6.54 Å². The lowest BCUT2D eigenvalue weighted by molar-refractivity contribution is 0.0351. The lowest BCUT2D eigenvalue weighted by atomic mass is 9.93. The van der Waals surface area contributed by atoms with E-state index in [1.54, 1.807) is 0 Å². The Morgan fingerprint density at radius 1 is 1.41 bits per heavy atom. The average Bonchev–Trinajstić information content (AvgIpc) is 2.29. The summed E-state index contributed by atoms with van der Waals surface area (Å²) in [6.07, 6.45) is 1.58. The van der Waals surface area contributed by atoms with Crippen molar-refractivity contribution in [3.05, 3.63) is 28.8 Å². The van der Waals surface area contributed by atoms with Crippen LogP contribution in [0.4, 0.5) is 5.69 Å². The quantitative estimate of drug-likeness (QED) is 0.850. The van der Waals surface area contributed by atoms with E-state index in [2.05, 4.69) is 4.90 Å². The van der Waals surface area contributed by atoms with Gasteiger partial charge in [-0.3, -0.25) is 0 Å². The monoisotopic (exact) mass is 254 g/mol. The van der Waals surface area contributed by atoms with Crippen molar-refractivity contribution in [2.75, 3.05) is 18.0 Å². The molecular weight excluding hydrogens is 236 g/mol. The zero-order valence-electron chi connectivity index (χ0n) is 10.1. The van der Waals surface area contributed by atoms with Crippen LogP contribution in [0.1, 0.15) is 25.3 Å². The number of piperidine rings is 1. The summed E-state index contributed by atoms with van der Waals surface area (Å²) in [5, 5.41) is 10.7. The Bertz CT molecular complexity index is 396. The molecule has 1 aliphatic heterocycles. The molecular formula is C13H19ClN2O. The number of nitrogens with zero attached hydrogens (tertiary/aromatic N) is 1. The molecule has 0 unspecified atom stereocenters. The van der Waals surface area contributed by atoms with Gasteiger partial charge in [0.2, 0.25) is 0 Å². The SMILES string of the molecule is CC1(O)CCN(c2ccc(Cl)cc2CN)CC1. The highest BCUT2D eigenvalue weighted by molar-refractivity contribution is 6.30. The fourth-order valence-corrected chi connectivity index (χ4v) is 2.45. The molecule has 1 heterocycles. The first kappa shape index (κ1) is 12.7. The Balaban J connectivity index is 2.18. The third kappa shape index (κ3) is 2.92. The van der Waals surface area contributed by atoms with Crippen LogP contribution in [-0.4, -0.2) is 23.8 Å². The van der Waals surface area contributed by atoms with Crippen LogP contribution in [0.15, 0.2) is 18.2 Å². The van der Waals surface area contributed by atoms with Crippen molar-refractivity contribution in [3.63, 3.8) is 0 Å².